The molecule has 0 spiro atoms. The van der Waals surface area contributed by atoms with Crippen molar-refractivity contribution in [2.24, 2.45) is 4.99 Å². The van der Waals surface area contributed by atoms with Crippen LogP contribution in [0.15, 0.2) is 4.99 Å². The van der Waals surface area contributed by atoms with Crippen LogP contribution in [-0.2, 0) is 9.53 Å². The zero-order valence-corrected chi connectivity index (χ0v) is 11.1. The van der Waals surface area contributed by atoms with E-state index in [1.807, 2.05) is 5.32 Å². The SMILES string of the molecule is C[C@]1(Cl)[C@H](N=C(NO)NC(=O)C=N)O[C@](F)(CO)[C@H]1O. The summed E-state index contributed by atoms with van der Waals surface area (Å²) in [6.45, 7) is 0.0506. The molecular formula is C9H14ClFN4O5. The quantitative estimate of drug-likeness (QED) is 0.161. The van der Waals surface area contributed by atoms with Gasteiger partial charge in [0.05, 0.1) is 6.21 Å². The Bertz CT molecular complexity index is 435. The first-order valence-electron chi connectivity index (χ1n) is 5.35. The molecule has 0 radical (unpaired) electrons. The van der Waals surface area contributed by atoms with Crippen LogP contribution in [0.5, 0.6) is 0 Å². The van der Waals surface area contributed by atoms with Gasteiger partial charge in [-0.15, -0.1) is 11.6 Å². The molecule has 6 N–H and O–H groups in total. The molecule has 9 nitrogen and oxygen atoms in total. The van der Waals surface area contributed by atoms with E-state index in [1.165, 1.54) is 12.4 Å². The van der Waals surface area contributed by atoms with E-state index in [4.69, 9.17) is 32.1 Å². The Kier molecular flexibility index (Phi) is 5.00. The number of nitrogens with one attached hydrogen (secondary N) is 3. The number of halogens is 2. The fourth-order valence-electron chi connectivity index (χ4n) is 1.56. The van der Waals surface area contributed by atoms with E-state index in [0.29, 0.717) is 6.21 Å². The largest absolute Gasteiger partial charge is 0.390 e. The van der Waals surface area contributed by atoms with Crippen LogP contribution in [0.25, 0.3) is 0 Å². The molecule has 1 saturated heterocycles. The number of amides is 1. The summed E-state index contributed by atoms with van der Waals surface area (Å²) in [5.41, 5.74) is 1.50. The number of rotatable bonds is 3. The third kappa shape index (κ3) is 3.04. The van der Waals surface area contributed by atoms with Crippen LogP contribution in [0.4, 0.5) is 4.39 Å². The van der Waals surface area contributed by atoms with E-state index in [1.54, 1.807) is 0 Å². The smallest absolute Gasteiger partial charge is 0.268 e. The minimum Gasteiger partial charge on any atom is -0.390 e. The fourth-order valence-corrected chi connectivity index (χ4v) is 1.81. The van der Waals surface area contributed by atoms with E-state index in [-0.39, 0.29) is 0 Å². The summed E-state index contributed by atoms with van der Waals surface area (Å²) >= 11 is 5.92. The van der Waals surface area contributed by atoms with Gasteiger partial charge in [0.1, 0.15) is 17.6 Å². The highest BCUT2D eigenvalue weighted by molar-refractivity contribution is 6.29. The Balaban J connectivity index is 3.00. The Hall–Kier alpha value is -1.33. The first-order chi connectivity index (χ1) is 9.21. The zero-order chi connectivity index (χ0) is 15.6. The predicted octanol–water partition coefficient (Wildman–Crippen LogP) is -1.54. The third-order valence-electron chi connectivity index (χ3n) is 2.67. The number of aliphatic imine (C=N–C) groups is 1. The Labute approximate surface area is 117 Å². The number of carbonyl (C=O) groups is 1. The molecule has 1 aliphatic heterocycles. The molecule has 114 valence electrons. The van der Waals surface area contributed by atoms with Crippen molar-refractivity contribution < 1.29 is 29.3 Å². The Morgan fingerprint density at radius 2 is 2.30 bits per heavy atom. The maximum absolute atomic E-state index is 14.0. The summed E-state index contributed by atoms with van der Waals surface area (Å²) in [6, 6.07) is 0. The number of hydrogen-bond donors (Lipinski definition) is 6. The van der Waals surface area contributed by atoms with Gasteiger partial charge in [0.2, 0.25) is 5.96 Å². The second-order valence-corrected chi connectivity index (χ2v) is 5.01. The van der Waals surface area contributed by atoms with Crippen molar-refractivity contribution in [3.05, 3.63) is 0 Å². The van der Waals surface area contributed by atoms with Gasteiger partial charge >= 0.3 is 0 Å². The topological polar surface area (TPSA) is 147 Å². The average molecular weight is 313 g/mol. The van der Waals surface area contributed by atoms with E-state index in [9.17, 15) is 14.3 Å². The number of ether oxygens (including phenoxy) is 1. The zero-order valence-electron chi connectivity index (χ0n) is 10.3. The lowest BCUT2D eigenvalue weighted by molar-refractivity contribution is -0.194. The molecular weight excluding hydrogens is 299 g/mol. The molecule has 0 unspecified atom stereocenters. The van der Waals surface area contributed by atoms with E-state index in [0.717, 1.165) is 0 Å². The summed E-state index contributed by atoms with van der Waals surface area (Å²) in [7, 11) is 0. The molecule has 1 amide bonds. The van der Waals surface area contributed by atoms with Gasteiger partial charge in [0.25, 0.3) is 11.8 Å². The Morgan fingerprint density at radius 3 is 2.70 bits per heavy atom. The van der Waals surface area contributed by atoms with Gasteiger partial charge in [-0.25, -0.2) is 14.9 Å². The number of aliphatic hydroxyl groups excluding tert-OH is 2. The minimum atomic E-state index is -2.82. The van der Waals surface area contributed by atoms with Gasteiger partial charge < -0.3 is 20.4 Å². The van der Waals surface area contributed by atoms with Crippen molar-refractivity contribution in [1.82, 2.24) is 10.8 Å². The molecule has 0 aromatic rings. The maximum Gasteiger partial charge on any atom is 0.268 e. The van der Waals surface area contributed by atoms with Crippen molar-refractivity contribution >= 4 is 29.7 Å². The molecule has 11 heteroatoms. The van der Waals surface area contributed by atoms with Gasteiger partial charge in [0, 0.05) is 0 Å². The van der Waals surface area contributed by atoms with Gasteiger partial charge in [-0.05, 0) is 6.92 Å². The van der Waals surface area contributed by atoms with Gasteiger partial charge in [-0.3, -0.25) is 15.3 Å². The normalized spacial score (nSPS) is 37.6. The number of alkyl halides is 2. The monoisotopic (exact) mass is 312 g/mol. The molecule has 1 fully saturated rings. The lowest BCUT2D eigenvalue weighted by Gasteiger charge is -2.24. The molecule has 0 aliphatic carbocycles. The Morgan fingerprint density at radius 1 is 1.70 bits per heavy atom. The van der Waals surface area contributed by atoms with E-state index < -0.39 is 41.5 Å². The maximum atomic E-state index is 14.0. The first-order valence-corrected chi connectivity index (χ1v) is 5.73. The number of hydrogen-bond acceptors (Lipinski definition) is 7. The molecule has 1 heterocycles. The molecule has 1 rings (SSSR count). The van der Waals surface area contributed by atoms with Crippen LogP contribution in [-0.4, -0.2) is 63.2 Å². The number of guanidine groups is 1. The molecule has 4 atom stereocenters. The van der Waals surface area contributed by atoms with Crippen molar-refractivity contribution in [3.8, 4) is 0 Å². The highest BCUT2D eigenvalue weighted by Crippen LogP contribution is 2.43. The summed E-state index contributed by atoms with van der Waals surface area (Å²) in [5.74, 6) is -4.31. The summed E-state index contributed by atoms with van der Waals surface area (Å²) in [5, 5.41) is 36.0. The average Bonchev–Trinajstić information content (AvgIpc) is 2.59. The first kappa shape index (κ1) is 16.7. The standard InChI is InChI=1S/C9H14ClFN4O5/c1-8(10)5(18)9(11,3-16)20-6(8)14-7(15-19)13-4(17)2-12/h2,5-6,12,16,18-19H,3H2,1H3,(H2,13,14,15,17)/t5-,6+,8+,9+/m0/s1. The fraction of sp³-hybridized carbons (Fsp3) is 0.667. The second kappa shape index (κ2) is 5.97. The minimum absolute atomic E-state index is 0.407. The molecule has 0 aromatic heterocycles. The van der Waals surface area contributed by atoms with Crippen LogP contribution in [0.1, 0.15) is 6.92 Å². The number of nitrogens with zero attached hydrogens (tertiary/aromatic N) is 1. The second-order valence-electron chi connectivity index (χ2n) is 4.19. The van der Waals surface area contributed by atoms with Crippen LogP contribution < -0.4 is 10.8 Å². The lowest BCUT2D eigenvalue weighted by Crippen LogP contribution is -2.46. The van der Waals surface area contributed by atoms with E-state index in [2.05, 4.69) is 4.99 Å². The van der Waals surface area contributed by atoms with Crippen LogP contribution >= 0.6 is 11.6 Å². The summed E-state index contributed by atoms with van der Waals surface area (Å²) < 4.78 is 18.7. The van der Waals surface area contributed by atoms with Crippen molar-refractivity contribution in [2.75, 3.05) is 6.61 Å². The lowest BCUT2D eigenvalue weighted by atomic mass is 10.00. The van der Waals surface area contributed by atoms with Gasteiger partial charge in [-0.2, -0.15) is 0 Å². The number of carbonyl (C=O) groups excluding carboxylic acids is 1. The van der Waals surface area contributed by atoms with Crippen LogP contribution in [0.3, 0.4) is 0 Å². The van der Waals surface area contributed by atoms with Crippen molar-refractivity contribution in [1.29, 1.82) is 5.41 Å². The van der Waals surface area contributed by atoms with Crippen LogP contribution in [0.2, 0.25) is 0 Å². The van der Waals surface area contributed by atoms with Crippen molar-refractivity contribution in [2.45, 2.75) is 30.0 Å². The van der Waals surface area contributed by atoms with Crippen LogP contribution in [0, 0.1) is 5.41 Å². The molecule has 1 aliphatic rings. The molecule has 20 heavy (non-hydrogen) atoms. The van der Waals surface area contributed by atoms with Crippen molar-refractivity contribution in [3.63, 3.8) is 0 Å². The molecule has 0 saturated carbocycles. The predicted molar refractivity (Wildman–Crippen MR) is 65.3 cm³/mol. The van der Waals surface area contributed by atoms with E-state index >= 15 is 0 Å². The highest BCUT2D eigenvalue weighted by atomic mass is 35.5. The molecule has 0 bridgehead atoms. The molecule has 0 aromatic carbocycles. The summed E-state index contributed by atoms with van der Waals surface area (Å²) in [6.07, 6.45) is -3.00. The highest BCUT2D eigenvalue weighted by Gasteiger charge is 2.62. The summed E-state index contributed by atoms with van der Waals surface area (Å²) in [4.78, 5) is 12.8. The number of hydroxylamine groups is 1. The van der Waals surface area contributed by atoms with Gasteiger partial charge in [0.15, 0.2) is 6.23 Å². The third-order valence-corrected chi connectivity index (χ3v) is 3.07. The number of aliphatic hydroxyl groups is 2. The van der Waals surface area contributed by atoms with Gasteiger partial charge in [-0.1, -0.05) is 0 Å².